The van der Waals surface area contributed by atoms with Crippen molar-refractivity contribution in [1.82, 2.24) is 9.88 Å². The van der Waals surface area contributed by atoms with Crippen molar-refractivity contribution >= 4 is 11.6 Å². The molecule has 0 aliphatic heterocycles. The third-order valence-corrected chi connectivity index (χ3v) is 3.83. The van der Waals surface area contributed by atoms with Crippen molar-refractivity contribution < 1.29 is 18.0 Å². The van der Waals surface area contributed by atoms with Crippen molar-refractivity contribution in [2.24, 2.45) is 0 Å². The fourth-order valence-electron chi connectivity index (χ4n) is 2.44. The number of aromatic nitrogens is 1. The quantitative estimate of drug-likeness (QED) is 0.765. The first-order valence-corrected chi connectivity index (χ1v) is 8.08. The van der Waals surface area contributed by atoms with Crippen LogP contribution in [0.3, 0.4) is 0 Å². The number of hydrogen-bond donors (Lipinski definition) is 1. The lowest BCUT2D eigenvalue weighted by Gasteiger charge is -2.19. The number of carbonyl (C=O) groups is 1. The molecule has 2 rings (SSSR count). The molecular weight excluding hydrogens is 347 g/mol. The number of rotatable bonds is 7. The Hall–Kier alpha value is -2.77. The maximum Gasteiger partial charge on any atom is 0.421 e. The van der Waals surface area contributed by atoms with Crippen molar-refractivity contribution in [3.63, 3.8) is 0 Å². The van der Waals surface area contributed by atoms with Crippen LogP contribution in [0.2, 0.25) is 0 Å². The van der Waals surface area contributed by atoms with Gasteiger partial charge in [-0.2, -0.15) is 13.2 Å². The van der Waals surface area contributed by atoms with Gasteiger partial charge in [-0.3, -0.25) is 9.59 Å². The Balaban J connectivity index is 1.82. The molecule has 0 saturated carbocycles. The van der Waals surface area contributed by atoms with Gasteiger partial charge in [0.2, 0.25) is 5.91 Å². The first-order chi connectivity index (χ1) is 12.3. The Kier molecular flexibility index (Phi) is 6.43. The van der Waals surface area contributed by atoms with Gasteiger partial charge in [-0.1, -0.05) is 18.2 Å². The predicted molar refractivity (Wildman–Crippen MR) is 93.0 cm³/mol. The molecule has 0 atom stereocenters. The molecule has 0 spiro atoms. The van der Waals surface area contributed by atoms with E-state index < -0.39 is 29.8 Å². The van der Waals surface area contributed by atoms with Gasteiger partial charge in [0.1, 0.15) is 12.1 Å². The molecule has 0 unspecified atom stereocenters. The number of carbonyl (C=O) groups excluding carboxylic acids is 1. The normalized spacial score (nSPS) is 11.2. The van der Waals surface area contributed by atoms with Crippen LogP contribution in [-0.4, -0.2) is 30.6 Å². The van der Waals surface area contributed by atoms with Crippen LogP contribution in [0.15, 0.2) is 53.5 Å². The van der Waals surface area contributed by atoms with Crippen molar-refractivity contribution in [3.05, 3.63) is 64.6 Å². The summed E-state index contributed by atoms with van der Waals surface area (Å²) in [5, 5.41) is 2.62. The third-order valence-electron chi connectivity index (χ3n) is 3.83. The monoisotopic (exact) mass is 367 g/mol. The van der Waals surface area contributed by atoms with Gasteiger partial charge in [0.05, 0.1) is 0 Å². The summed E-state index contributed by atoms with van der Waals surface area (Å²) in [7, 11) is 1.93. The SMILES string of the molecule is CN(CCCNC(=O)Cn1cccc(C(F)(F)F)c1=O)c1ccccc1. The summed E-state index contributed by atoms with van der Waals surface area (Å²) in [6.07, 6.45) is -2.91. The van der Waals surface area contributed by atoms with Gasteiger partial charge in [-0.15, -0.1) is 0 Å². The van der Waals surface area contributed by atoms with Crippen LogP contribution >= 0.6 is 0 Å². The molecule has 1 aromatic heterocycles. The molecule has 0 fully saturated rings. The number of nitrogens with zero attached hydrogens (tertiary/aromatic N) is 2. The lowest BCUT2D eigenvalue weighted by molar-refractivity contribution is -0.139. The number of anilines is 1. The summed E-state index contributed by atoms with van der Waals surface area (Å²) in [6, 6.07) is 11.5. The van der Waals surface area contributed by atoms with Crippen LogP contribution in [0, 0.1) is 0 Å². The largest absolute Gasteiger partial charge is 0.421 e. The molecule has 8 heteroatoms. The molecule has 1 amide bonds. The Bertz CT molecular complexity index is 788. The Morgan fingerprint density at radius 3 is 2.50 bits per heavy atom. The van der Waals surface area contributed by atoms with Crippen molar-refractivity contribution in [2.75, 3.05) is 25.0 Å². The zero-order valence-electron chi connectivity index (χ0n) is 14.3. The zero-order chi connectivity index (χ0) is 19.2. The number of hydrogen-bond acceptors (Lipinski definition) is 3. The van der Waals surface area contributed by atoms with Gasteiger partial charge in [0, 0.05) is 32.0 Å². The number of alkyl halides is 3. The average molecular weight is 367 g/mol. The summed E-state index contributed by atoms with van der Waals surface area (Å²) < 4.78 is 38.9. The van der Waals surface area contributed by atoms with Gasteiger partial charge in [0.15, 0.2) is 0 Å². The minimum Gasteiger partial charge on any atom is -0.375 e. The van der Waals surface area contributed by atoms with E-state index in [0.717, 1.165) is 16.3 Å². The smallest absolute Gasteiger partial charge is 0.375 e. The van der Waals surface area contributed by atoms with E-state index in [4.69, 9.17) is 0 Å². The molecule has 1 N–H and O–H groups in total. The van der Waals surface area contributed by atoms with Crippen molar-refractivity contribution in [3.8, 4) is 0 Å². The highest BCUT2D eigenvalue weighted by Crippen LogP contribution is 2.25. The maximum atomic E-state index is 12.7. The molecule has 2 aromatic rings. The van der Waals surface area contributed by atoms with Crippen LogP contribution < -0.4 is 15.8 Å². The Labute approximate surface area is 149 Å². The fraction of sp³-hybridized carbons (Fsp3) is 0.333. The fourth-order valence-corrected chi connectivity index (χ4v) is 2.44. The number of nitrogens with one attached hydrogen (secondary N) is 1. The summed E-state index contributed by atoms with van der Waals surface area (Å²) in [5.74, 6) is -0.506. The lowest BCUT2D eigenvalue weighted by Crippen LogP contribution is -2.35. The Morgan fingerprint density at radius 1 is 1.15 bits per heavy atom. The summed E-state index contributed by atoms with van der Waals surface area (Å²) in [6.45, 7) is 0.620. The number of benzene rings is 1. The molecular formula is C18H20F3N3O2. The minimum atomic E-state index is -4.74. The van der Waals surface area contributed by atoms with E-state index in [1.165, 1.54) is 6.20 Å². The standard InChI is InChI=1S/C18H20F3N3O2/c1-23(14-7-3-2-4-8-14)11-6-10-22-16(25)13-24-12-5-9-15(17(24)26)18(19,20)21/h2-5,7-9,12H,6,10-11,13H2,1H3,(H,22,25). The molecule has 26 heavy (non-hydrogen) atoms. The number of halogens is 3. The van der Waals surface area contributed by atoms with Crippen LogP contribution in [0.1, 0.15) is 12.0 Å². The highest BCUT2D eigenvalue weighted by molar-refractivity contribution is 5.75. The first-order valence-electron chi connectivity index (χ1n) is 8.08. The molecule has 140 valence electrons. The zero-order valence-corrected chi connectivity index (χ0v) is 14.3. The topological polar surface area (TPSA) is 54.3 Å². The lowest BCUT2D eigenvalue weighted by atomic mass is 10.2. The molecule has 5 nitrogen and oxygen atoms in total. The molecule has 1 heterocycles. The van der Waals surface area contributed by atoms with Gasteiger partial charge in [0.25, 0.3) is 5.56 Å². The van der Waals surface area contributed by atoms with E-state index in [1.807, 2.05) is 42.3 Å². The minimum absolute atomic E-state index is 0.365. The number of amides is 1. The highest BCUT2D eigenvalue weighted by atomic mass is 19.4. The summed E-state index contributed by atoms with van der Waals surface area (Å²) >= 11 is 0. The van der Waals surface area contributed by atoms with Crippen molar-refractivity contribution in [2.45, 2.75) is 19.1 Å². The van der Waals surface area contributed by atoms with Crippen LogP contribution in [0.25, 0.3) is 0 Å². The molecule has 0 bridgehead atoms. The third kappa shape index (κ3) is 5.37. The average Bonchev–Trinajstić information content (AvgIpc) is 2.60. The van der Waals surface area contributed by atoms with Gasteiger partial charge in [-0.25, -0.2) is 0 Å². The predicted octanol–water partition coefficient (Wildman–Crippen LogP) is 2.51. The summed E-state index contributed by atoms with van der Waals surface area (Å²) in [4.78, 5) is 25.7. The second kappa shape index (κ2) is 8.55. The van der Waals surface area contributed by atoms with E-state index in [2.05, 4.69) is 5.32 Å². The molecule has 0 aliphatic carbocycles. The second-order valence-corrected chi connectivity index (χ2v) is 5.81. The first kappa shape index (κ1) is 19.6. The van der Waals surface area contributed by atoms with Crippen molar-refractivity contribution in [1.29, 1.82) is 0 Å². The van der Waals surface area contributed by atoms with E-state index in [-0.39, 0.29) is 0 Å². The van der Waals surface area contributed by atoms with Crippen LogP contribution in [0.4, 0.5) is 18.9 Å². The highest BCUT2D eigenvalue weighted by Gasteiger charge is 2.34. The van der Waals surface area contributed by atoms with E-state index in [0.29, 0.717) is 25.6 Å². The summed E-state index contributed by atoms with van der Waals surface area (Å²) in [5.41, 5.74) is -1.45. The van der Waals surface area contributed by atoms with Gasteiger partial charge < -0.3 is 14.8 Å². The number of para-hydroxylation sites is 1. The Morgan fingerprint density at radius 2 is 1.85 bits per heavy atom. The number of pyridine rings is 1. The van der Waals surface area contributed by atoms with Crippen LogP contribution in [0.5, 0.6) is 0 Å². The second-order valence-electron chi connectivity index (χ2n) is 5.81. The van der Waals surface area contributed by atoms with E-state index in [9.17, 15) is 22.8 Å². The van der Waals surface area contributed by atoms with Gasteiger partial charge in [-0.05, 0) is 30.7 Å². The molecule has 0 radical (unpaired) electrons. The molecule has 0 saturated heterocycles. The van der Waals surface area contributed by atoms with Crippen LogP contribution in [-0.2, 0) is 17.5 Å². The molecule has 1 aromatic carbocycles. The van der Waals surface area contributed by atoms with E-state index >= 15 is 0 Å². The maximum absolute atomic E-state index is 12.7. The molecule has 0 aliphatic rings. The van der Waals surface area contributed by atoms with E-state index in [1.54, 1.807) is 0 Å². The van der Waals surface area contributed by atoms with Gasteiger partial charge >= 0.3 is 6.18 Å².